The number of rotatable bonds is 8. The number of phenolic OH excluding ortho intramolecular Hbond substituents is 1. The number of nitrogens with zero attached hydrogens (tertiary/aromatic N) is 2. The summed E-state index contributed by atoms with van der Waals surface area (Å²) in [6.07, 6.45) is 0. The molecule has 0 aliphatic carbocycles. The van der Waals surface area contributed by atoms with Crippen LogP contribution in [0.5, 0.6) is 17.2 Å². The number of amides is 1. The molecule has 1 aliphatic rings. The van der Waals surface area contributed by atoms with Crippen LogP contribution in [-0.2, 0) is 6.61 Å². The number of carbonyl (C=O) groups excluding carboxylic acids is 1. The van der Waals surface area contributed by atoms with Gasteiger partial charge in [-0.2, -0.15) is 5.10 Å². The van der Waals surface area contributed by atoms with E-state index in [1.54, 1.807) is 36.3 Å². The molecule has 0 bridgehead atoms. The number of benzene rings is 3. The Labute approximate surface area is 202 Å². The molecule has 8 heteroatoms. The van der Waals surface area contributed by atoms with Gasteiger partial charge in [-0.3, -0.25) is 9.89 Å². The Hall–Kier alpha value is -4.30. The molecule has 0 spiro atoms. The van der Waals surface area contributed by atoms with E-state index in [4.69, 9.17) is 9.47 Å². The minimum atomic E-state index is -0.532. The van der Waals surface area contributed by atoms with Gasteiger partial charge in [0.2, 0.25) is 0 Å². The van der Waals surface area contributed by atoms with Gasteiger partial charge in [-0.05, 0) is 35.4 Å². The molecule has 1 aliphatic heterocycles. The van der Waals surface area contributed by atoms with Crippen LogP contribution >= 0.6 is 0 Å². The smallest absolute Gasteiger partial charge is 0.273 e. The first kappa shape index (κ1) is 22.5. The highest BCUT2D eigenvalue weighted by atomic mass is 16.5. The highest BCUT2D eigenvalue weighted by Gasteiger charge is 2.42. The standard InChI is InChI=1S/C27H25N3O5/c1-34-22-15-18(11-12-21(22)35-16-17-7-3-2-4-8-17)26-23-24(19-9-5-6-10-20(19)32)28-29-25(23)27(33)30(26)13-14-31/h2-12,15,26,31-32H,13-14,16H2,1H3,(H,28,29). The van der Waals surface area contributed by atoms with Crippen molar-refractivity contribution in [3.8, 4) is 28.5 Å². The molecule has 1 unspecified atom stereocenters. The first-order chi connectivity index (χ1) is 17.1. The number of aliphatic hydroxyl groups is 1. The molecule has 0 saturated heterocycles. The maximum atomic E-state index is 13.2. The van der Waals surface area contributed by atoms with E-state index in [2.05, 4.69) is 10.2 Å². The molecular weight excluding hydrogens is 446 g/mol. The third kappa shape index (κ3) is 4.08. The molecular formula is C27H25N3O5. The summed E-state index contributed by atoms with van der Waals surface area (Å²) in [6, 6.07) is 21.7. The number of aliphatic hydroxyl groups excluding tert-OH is 1. The molecule has 0 saturated carbocycles. The predicted octanol–water partition coefficient (Wildman–Crippen LogP) is 3.91. The van der Waals surface area contributed by atoms with Crippen molar-refractivity contribution in [3.05, 3.63) is 95.2 Å². The van der Waals surface area contributed by atoms with Crippen LogP contribution in [0, 0.1) is 0 Å². The lowest BCUT2D eigenvalue weighted by Crippen LogP contribution is -2.32. The molecule has 1 amide bonds. The first-order valence-corrected chi connectivity index (χ1v) is 11.3. The largest absolute Gasteiger partial charge is 0.507 e. The lowest BCUT2D eigenvalue weighted by Gasteiger charge is -2.26. The Morgan fingerprint density at radius 2 is 1.80 bits per heavy atom. The molecule has 3 aromatic carbocycles. The normalized spacial score (nSPS) is 14.7. The Balaban J connectivity index is 1.55. The van der Waals surface area contributed by atoms with Crippen LogP contribution in [0.3, 0.4) is 0 Å². The molecule has 8 nitrogen and oxygen atoms in total. The zero-order valence-electron chi connectivity index (χ0n) is 19.1. The van der Waals surface area contributed by atoms with Crippen LogP contribution in [0.2, 0.25) is 0 Å². The summed E-state index contributed by atoms with van der Waals surface area (Å²) in [5.74, 6) is 0.898. The lowest BCUT2D eigenvalue weighted by atomic mass is 9.95. The van der Waals surface area contributed by atoms with E-state index in [-0.39, 0.29) is 24.8 Å². The van der Waals surface area contributed by atoms with Crippen LogP contribution in [0.25, 0.3) is 11.3 Å². The molecule has 3 N–H and O–H groups in total. The number of β-amino-alcohol motifs (C(OH)–C–C–N with tert-alkyl or cyclic N) is 1. The van der Waals surface area contributed by atoms with Crippen molar-refractivity contribution < 1.29 is 24.5 Å². The quantitative estimate of drug-likeness (QED) is 0.360. The number of hydrogen-bond acceptors (Lipinski definition) is 6. The molecule has 0 radical (unpaired) electrons. The van der Waals surface area contributed by atoms with Gasteiger partial charge in [-0.25, -0.2) is 0 Å². The summed E-state index contributed by atoms with van der Waals surface area (Å²) in [4.78, 5) is 14.8. The van der Waals surface area contributed by atoms with E-state index >= 15 is 0 Å². The van der Waals surface area contributed by atoms with Gasteiger partial charge in [0, 0.05) is 17.7 Å². The van der Waals surface area contributed by atoms with Crippen LogP contribution in [0.15, 0.2) is 72.8 Å². The van der Waals surface area contributed by atoms with E-state index in [9.17, 15) is 15.0 Å². The fraction of sp³-hybridized carbons (Fsp3) is 0.185. The van der Waals surface area contributed by atoms with E-state index in [0.717, 1.165) is 11.1 Å². The second-order valence-electron chi connectivity index (χ2n) is 8.19. The number of aromatic amines is 1. The monoisotopic (exact) mass is 471 g/mol. The molecule has 0 fully saturated rings. The molecule has 1 aromatic heterocycles. The summed E-state index contributed by atoms with van der Waals surface area (Å²) >= 11 is 0. The second kappa shape index (κ2) is 9.52. The van der Waals surface area contributed by atoms with Crippen molar-refractivity contribution in [2.75, 3.05) is 20.3 Å². The number of para-hydroxylation sites is 1. The Morgan fingerprint density at radius 3 is 2.54 bits per heavy atom. The fourth-order valence-electron chi connectivity index (χ4n) is 4.47. The Kier molecular flexibility index (Phi) is 6.12. The number of nitrogens with one attached hydrogen (secondary N) is 1. The van der Waals surface area contributed by atoms with Crippen molar-refractivity contribution in [2.45, 2.75) is 12.6 Å². The molecule has 5 rings (SSSR count). The molecule has 35 heavy (non-hydrogen) atoms. The molecule has 4 aromatic rings. The van der Waals surface area contributed by atoms with Gasteiger partial charge in [-0.15, -0.1) is 0 Å². The van der Waals surface area contributed by atoms with E-state index in [1.807, 2.05) is 48.5 Å². The number of aromatic hydroxyl groups is 1. The van der Waals surface area contributed by atoms with Crippen LogP contribution in [0.4, 0.5) is 0 Å². The van der Waals surface area contributed by atoms with Gasteiger partial charge in [0.05, 0.1) is 19.8 Å². The third-order valence-corrected chi connectivity index (χ3v) is 6.10. The van der Waals surface area contributed by atoms with Gasteiger partial charge < -0.3 is 24.6 Å². The summed E-state index contributed by atoms with van der Waals surface area (Å²) in [6.45, 7) is 0.334. The van der Waals surface area contributed by atoms with E-state index < -0.39 is 6.04 Å². The zero-order valence-corrected chi connectivity index (χ0v) is 19.1. The summed E-state index contributed by atoms with van der Waals surface area (Å²) in [5, 5.41) is 27.3. The van der Waals surface area contributed by atoms with E-state index in [0.29, 0.717) is 40.6 Å². The maximum absolute atomic E-state index is 13.2. The van der Waals surface area contributed by atoms with Crippen molar-refractivity contribution in [1.29, 1.82) is 0 Å². The summed E-state index contributed by atoms with van der Waals surface area (Å²) in [7, 11) is 1.57. The SMILES string of the molecule is COc1cc(C2c3c(-c4ccccc4O)n[nH]c3C(=O)N2CCO)ccc1OCc1ccccc1. The number of H-pyrrole nitrogens is 1. The number of aromatic nitrogens is 2. The third-order valence-electron chi connectivity index (χ3n) is 6.10. The average molecular weight is 472 g/mol. The number of phenols is 1. The number of fused-ring (bicyclic) bond motifs is 1. The Morgan fingerprint density at radius 1 is 1.03 bits per heavy atom. The van der Waals surface area contributed by atoms with Gasteiger partial charge in [0.15, 0.2) is 11.5 Å². The van der Waals surface area contributed by atoms with Gasteiger partial charge in [0.1, 0.15) is 23.7 Å². The molecule has 178 valence electrons. The number of methoxy groups -OCH3 is 1. The number of ether oxygens (including phenoxy) is 2. The zero-order chi connectivity index (χ0) is 24.4. The van der Waals surface area contributed by atoms with Crippen molar-refractivity contribution in [3.63, 3.8) is 0 Å². The van der Waals surface area contributed by atoms with Crippen molar-refractivity contribution in [2.24, 2.45) is 0 Å². The van der Waals surface area contributed by atoms with E-state index in [1.165, 1.54) is 0 Å². The van der Waals surface area contributed by atoms with Gasteiger partial charge in [0.25, 0.3) is 5.91 Å². The second-order valence-corrected chi connectivity index (χ2v) is 8.19. The van der Waals surface area contributed by atoms with Gasteiger partial charge in [-0.1, -0.05) is 48.5 Å². The highest BCUT2D eigenvalue weighted by Crippen LogP contribution is 2.45. The maximum Gasteiger partial charge on any atom is 0.273 e. The number of carbonyl (C=O) groups is 1. The Bertz CT molecular complexity index is 1350. The molecule has 2 heterocycles. The fourth-order valence-corrected chi connectivity index (χ4v) is 4.47. The van der Waals surface area contributed by atoms with Crippen LogP contribution < -0.4 is 9.47 Å². The topological polar surface area (TPSA) is 108 Å². The molecule has 1 atom stereocenters. The van der Waals surface area contributed by atoms with Gasteiger partial charge >= 0.3 is 0 Å². The van der Waals surface area contributed by atoms with Crippen LogP contribution in [-0.4, -0.2) is 51.5 Å². The van der Waals surface area contributed by atoms with Crippen molar-refractivity contribution >= 4 is 5.91 Å². The summed E-state index contributed by atoms with van der Waals surface area (Å²) < 4.78 is 11.6. The average Bonchev–Trinajstić information content (AvgIpc) is 3.43. The predicted molar refractivity (Wildman–Crippen MR) is 129 cm³/mol. The minimum Gasteiger partial charge on any atom is -0.507 e. The van der Waals surface area contributed by atoms with Crippen LogP contribution in [0.1, 0.15) is 33.2 Å². The highest BCUT2D eigenvalue weighted by molar-refractivity contribution is 6.00. The number of hydrogen-bond donors (Lipinski definition) is 3. The van der Waals surface area contributed by atoms with Crippen molar-refractivity contribution in [1.82, 2.24) is 15.1 Å². The minimum absolute atomic E-state index is 0.0656. The summed E-state index contributed by atoms with van der Waals surface area (Å²) in [5.41, 5.74) is 3.79. The lowest BCUT2D eigenvalue weighted by molar-refractivity contribution is 0.0706. The first-order valence-electron chi connectivity index (χ1n) is 11.3.